The smallest absolute Gasteiger partial charge is 0.0219 e. The molecule has 12 heavy (non-hydrogen) atoms. The minimum atomic E-state index is 0.691. The van der Waals surface area contributed by atoms with Crippen LogP contribution >= 0.6 is 11.3 Å². The van der Waals surface area contributed by atoms with Gasteiger partial charge in [0.05, 0.1) is 0 Å². The molecule has 2 unspecified atom stereocenters. The van der Waals surface area contributed by atoms with Crippen molar-refractivity contribution in [3.05, 3.63) is 21.9 Å². The van der Waals surface area contributed by atoms with Crippen molar-refractivity contribution in [3.8, 4) is 0 Å². The monoisotopic (exact) mass is 181 g/mol. The lowest BCUT2D eigenvalue weighted by Crippen LogP contribution is -2.36. The van der Waals surface area contributed by atoms with Crippen LogP contribution in [0.1, 0.15) is 36.6 Å². The Labute approximate surface area is 77.8 Å². The van der Waals surface area contributed by atoms with Gasteiger partial charge in [-0.1, -0.05) is 13.8 Å². The molecule has 2 rings (SSSR count). The van der Waals surface area contributed by atoms with Gasteiger partial charge in [-0.15, -0.1) is 11.3 Å². The second-order valence-corrected chi connectivity index (χ2v) is 4.44. The van der Waals surface area contributed by atoms with E-state index >= 15 is 0 Å². The second kappa shape index (κ2) is 3.19. The Morgan fingerprint density at radius 3 is 3.25 bits per heavy atom. The van der Waals surface area contributed by atoms with Crippen molar-refractivity contribution in [3.63, 3.8) is 0 Å². The van der Waals surface area contributed by atoms with E-state index in [9.17, 15) is 0 Å². The number of thiophene rings is 1. The van der Waals surface area contributed by atoms with E-state index in [1.807, 2.05) is 11.3 Å². The summed E-state index contributed by atoms with van der Waals surface area (Å²) in [6, 6.07) is 2.94. The fourth-order valence-electron chi connectivity index (χ4n) is 1.99. The Bertz CT molecular complexity index is 267. The minimum Gasteiger partial charge on any atom is -0.309 e. The fourth-order valence-corrected chi connectivity index (χ4v) is 3.04. The summed E-state index contributed by atoms with van der Waals surface area (Å²) in [5, 5.41) is 5.78. The van der Waals surface area contributed by atoms with Gasteiger partial charge >= 0.3 is 0 Å². The summed E-state index contributed by atoms with van der Waals surface area (Å²) in [5.74, 6) is 0.707. The molecule has 0 spiro atoms. The van der Waals surface area contributed by atoms with Crippen molar-refractivity contribution in [1.29, 1.82) is 0 Å². The molecule has 0 saturated heterocycles. The largest absolute Gasteiger partial charge is 0.309 e. The maximum Gasteiger partial charge on any atom is 0.0219 e. The summed E-state index contributed by atoms with van der Waals surface area (Å²) < 4.78 is 0. The Kier molecular flexibility index (Phi) is 2.20. The molecule has 0 saturated carbocycles. The molecule has 1 aromatic rings. The van der Waals surface area contributed by atoms with Crippen molar-refractivity contribution in [1.82, 2.24) is 5.32 Å². The fraction of sp³-hybridized carbons (Fsp3) is 0.600. The van der Waals surface area contributed by atoms with Gasteiger partial charge in [0, 0.05) is 23.4 Å². The van der Waals surface area contributed by atoms with Gasteiger partial charge in [0.25, 0.3) is 0 Å². The van der Waals surface area contributed by atoms with Gasteiger partial charge in [0.15, 0.2) is 0 Å². The predicted octanol–water partition coefficient (Wildman–Crippen LogP) is 2.73. The zero-order chi connectivity index (χ0) is 8.55. The average molecular weight is 181 g/mol. The van der Waals surface area contributed by atoms with Gasteiger partial charge in [-0.3, -0.25) is 0 Å². The highest BCUT2D eigenvalue weighted by Crippen LogP contribution is 2.32. The Hall–Kier alpha value is -0.340. The molecule has 0 bridgehead atoms. The van der Waals surface area contributed by atoms with E-state index < -0.39 is 0 Å². The van der Waals surface area contributed by atoms with E-state index in [4.69, 9.17) is 0 Å². The molecule has 66 valence electrons. The summed E-state index contributed by atoms with van der Waals surface area (Å²) in [5.41, 5.74) is 1.51. The van der Waals surface area contributed by atoms with E-state index in [1.54, 1.807) is 4.88 Å². The molecule has 2 heteroatoms. The van der Waals surface area contributed by atoms with Crippen LogP contribution in [-0.2, 0) is 6.54 Å². The van der Waals surface area contributed by atoms with Crippen LogP contribution in [0.2, 0.25) is 0 Å². The van der Waals surface area contributed by atoms with Crippen molar-refractivity contribution < 1.29 is 0 Å². The summed E-state index contributed by atoms with van der Waals surface area (Å²) >= 11 is 1.91. The van der Waals surface area contributed by atoms with E-state index in [-0.39, 0.29) is 0 Å². The molecule has 0 amide bonds. The number of nitrogens with one attached hydrogen (secondary N) is 1. The van der Waals surface area contributed by atoms with Gasteiger partial charge in [-0.05, 0) is 23.4 Å². The zero-order valence-corrected chi connectivity index (χ0v) is 8.45. The maximum atomic E-state index is 3.57. The van der Waals surface area contributed by atoms with Crippen molar-refractivity contribution in [2.45, 2.75) is 38.8 Å². The van der Waals surface area contributed by atoms with Gasteiger partial charge in [0.2, 0.25) is 0 Å². The van der Waals surface area contributed by atoms with Crippen LogP contribution in [0.4, 0.5) is 0 Å². The molecule has 0 aliphatic carbocycles. The standard InChI is InChI=1S/C10H15NS/c1-3-9-7(2)10-8(6-11-9)4-5-12-10/h4-5,7,9,11H,3,6H2,1-2H3. The quantitative estimate of drug-likeness (QED) is 0.702. The second-order valence-electron chi connectivity index (χ2n) is 3.49. The highest BCUT2D eigenvalue weighted by Gasteiger charge is 2.24. The SMILES string of the molecule is CCC1NCc2ccsc2C1C. The van der Waals surface area contributed by atoms with Crippen LogP contribution in [-0.4, -0.2) is 6.04 Å². The topological polar surface area (TPSA) is 12.0 Å². The maximum absolute atomic E-state index is 3.57. The van der Waals surface area contributed by atoms with Crippen LogP contribution < -0.4 is 5.32 Å². The molecule has 2 atom stereocenters. The normalized spacial score (nSPS) is 28.5. The molecule has 1 aliphatic rings. The summed E-state index contributed by atoms with van der Waals surface area (Å²) in [7, 11) is 0. The molecule has 0 aromatic carbocycles. The lowest BCUT2D eigenvalue weighted by Gasteiger charge is -2.29. The lowest BCUT2D eigenvalue weighted by atomic mass is 9.92. The van der Waals surface area contributed by atoms with Crippen LogP contribution in [0.5, 0.6) is 0 Å². The summed E-state index contributed by atoms with van der Waals surface area (Å²) in [4.78, 5) is 1.60. The number of hydrogen-bond acceptors (Lipinski definition) is 2. The van der Waals surface area contributed by atoms with Gasteiger partial charge in [0.1, 0.15) is 0 Å². The first-order chi connectivity index (χ1) is 5.83. The van der Waals surface area contributed by atoms with Gasteiger partial charge in [-0.25, -0.2) is 0 Å². The average Bonchev–Trinajstić information content (AvgIpc) is 2.53. The molecule has 1 nitrogen and oxygen atoms in total. The Balaban J connectivity index is 2.29. The molecule has 0 radical (unpaired) electrons. The first-order valence-corrected chi connectivity index (χ1v) is 5.50. The van der Waals surface area contributed by atoms with Gasteiger partial charge < -0.3 is 5.32 Å². The highest BCUT2D eigenvalue weighted by atomic mass is 32.1. The van der Waals surface area contributed by atoms with Gasteiger partial charge in [-0.2, -0.15) is 0 Å². The van der Waals surface area contributed by atoms with Crippen molar-refractivity contribution in [2.24, 2.45) is 0 Å². The predicted molar refractivity (Wildman–Crippen MR) is 53.7 cm³/mol. The van der Waals surface area contributed by atoms with E-state index in [0.717, 1.165) is 6.54 Å². The third-order valence-electron chi connectivity index (χ3n) is 2.79. The molecule has 1 aromatic heterocycles. The molecular formula is C10H15NS. The first kappa shape index (κ1) is 8.27. The molecular weight excluding hydrogens is 166 g/mol. The molecule has 0 fully saturated rings. The third-order valence-corrected chi connectivity index (χ3v) is 3.95. The number of fused-ring (bicyclic) bond motifs is 1. The first-order valence-electron chi connectivity index (χ1n) is 4.62. The summed E-state index contributed by atoms with van der Waals surface area (Å²) in [6.45, 7) is 5.66. The highest BCUT2D eigenvalue weighted by molar-refractivity contribution is 7.10. The minimum absolute atomic E-state index is 0.691. The Morgan fingerprint density at radius 1 is 1.67 bits per heavy atom. The van der Waals surface area contributed by atoms with Crippen molar-refractivity contribution in [2.75, 3.05) is 0 Å². The molecule has 2 heterocycles. The van der Waals surface area contributed by atoms with Crippen LogP contribution in [0, 0.1) is 0 Å². The number of hydrogen-bond donors (Lipinski definition) is 1. The van der Waals surface area contributed by atoms with Crippen LogP contribution in [0.3, 0.4) is 0 Å². The molecule has 1 aliphatic heterocycles. The van der Waals surface area contributed by atoms with E-state index in [2.05, 4.69) is 30.6 Å². The van der Waals surface area contributed by atoms with Crippen LogP contribution in [0.25, 0.3) is 0 Å². The summed E-state index contributed by atoms with van der Waals surface area (Å²) in [6.07, 6.45) is 1.23. The van der Waals surface area contributed by atoms with Crippen molar-refractivity contribution >= 4 is 11.3 Å². The lowest BCUT2D eigenvalue weighted by molar-refractivity contribution is 0.415. The van der Waals surface area contributed by atoms with Crippen LogP contribution in [0.15, 0.2) is 11.4 Å². The molecule has 1 N–H and O–H groups in total. The number of rotatable bonds is 1. The van der Waals surface area contributed by atoms with E-state index in [1.165, 1.54) is 12.0 Å². The third kappa shape index (κ3) is 1.19. The zero-order valence-electron chi connectivity index (χ0n) is 7.63. The Morgan fingerprint density at radius 2 is 2.50 bits per heavy atom. The van der Waals surface area contributed by atoms with E-state index in [0.29, 0.717) is 12.0 Å².